The first-order chi connectivity index (χ1) is 18.5. The monoisotopic (exact) mass is 548 g/mol. The summed E-state index contributed by atoms with van der Waals surface area (Å²) in [7, 11) is 0. The highest BCUT2D eigenvalue weighted by molar-refractivity contribution is 6.35. The molecule has 0 aliphatic carbocycles. The molecule has 0 aliphatic heterocycles. The van der Waals surface area contributed by atoms with E-state index in [0.717, 1.165) is 4.68 Å². The van der Waals surface area contributed by atoms with Gasteiger partial charge in [-0.05, 0) is 40.1 Å². The largest absolute Gasteiger partial charge is 0.489 e. The molecule has 0 saturated heterocycles. The minimum absolute atomic E-state index is 0.0253. The minimum Gasteiger partial charge on any atom is -0.489 e. The number of nitrogens with two attached hydrogens (primary N) is 1. The van der Waals surface area contributed by atoms with E-state index in [1.54, 1.807) is 54.6 Å². The van der Waals surface area contributed by atoms with Crippen LogP contribution in [0.5, 0.6) is 5.75 Å². The first kappa shape index (κ1) is 24.9. The van der Waals surface area contributed by atoms with E-state index in [1.807, 2.05) is 18.2 Å². The van der Waals surface area contributed by atoms with Gasteiger partial charge < -0.3 is 10.5 Å². The number of benzene rings is 3. The van der Waals surface area contributed by atoms with Crippen LogP contribution in [0.1, 0.15) is 21.6 Å². The Bertz CT molecular complexity index is 1600. The predicted octanol–water partition coefficient (Wildman–Crippen LogP) is 4.55. The molecule has 0 bridgehead atoms. The summed E-state index contributed by atoms with van der Waals surface area (Å²) < 4.78 is 11.6. The molecular weight excluding hydrogens is 531 g/mol. The summed E-state index contributed by atoms with van der Waals surface area (Å²) in [5, 5.41) is 20.6. The number of hydrogen-bond donors (Lipinski definition) is 2. The number of anilines is 1. The quantitative estimate of drug-likeness (QED) is 0.212. The summed E-state index contributed by atoms with van der Waals surface area (Å²) in [5.74, 6) is -0.0635. The molecule has 3 aromatic carbocycles. The Labute approximate surface area is 225 Å². The molecule has 5 rings (SSSR count). The van der Waals surface area contributed by atoms with Crippen LogP contribution in [-0.2, 0) is 6.61 Å². The number of carbonyl (C=O) groups is 1. The number of hydrazone groups is 1. The zero-order chi connectivity index (χ0) is 26.5. The molecule has 0 aliphatic rings. The topological polar surface area (TPSA) is 146 Å². The molecule has 1 amide bonds. The summed E-state index contributed by atoms with van der Waals surface area (Å²) >= 11 is 12.4. The van der Waals surface area contributed by atoms with Gasteiger partial charge in [-0.15, -0.1) is 5.10 Å². The third-order valence-electron chi connectivity index (χ3n) is 5.31. The van der Waals surface area contributed by atoms with Crippen LogP contribution >= 0.6 is 23.2 Å². The average molecular weight is 549 g/mol. The first-order valence-electron chi connectivity index (χ1n) is 11.1. The average Bonchev–Trinajstić information content (AvgIpc) is 3.55. The van der Waals surface area contributed by atoms with Gasteiger partial charge in [0.05, 0.1) is 6.21 Å². The third kappa shape index (κ3) is 5.33. The Balaban J connectivity index is 1.34. The van der Waals surface area contributed by atoms with E-state index in [2.05, 4.69) is 35.8 Å². The van der Waals surface area contributed by atoms with Crippen molar-refractivity contribution < 1.29 is 14.2 Å². The standard InChI is InChI=1S/C25H18Cl2N8O3/c26-19-10-5-11-20(27)18(19)14-37-17-9-4-6-15(12-17)13-29-31-25(36)22-21(16-7-2-1-3-8-16)30-34-35(22)24-23(28)32-38-33-24/h1-13H,14H2,(H2,28,32)(H,31,36)/b29-13+. The number of halogens is 2. The lowest BCUT2D eigenvalue weighted by Gasteiger charge is -2.10. The molecule has 0 atom stereocenters. The molecular formula is C25H18Cl2N8O3. The number of nitrogens with zero attached hydrogens (tertiary/aromatic N) is 6. The molecule has 38 heavy (non-hydrogen) atoms. The molecule has 3 N–H and O–H groups in total. The molecule has 0 unspecified atom stereocenters. The number of carbonyl (C=O) groups excluding carboxylic acids is 1. The van der Waals surface area contributed by atoms with Gasteiger partial charge in [0.25, 0.3) is 5.91 Å². The van der Waals surface area contributed by atoms with Crippen LogP contribution in [0.4, 0.5) is 5.82 Å². The summed E-state index contributed by atoms with van der Waals surface area (Å²) in [6, 6.07) is 21.4. The maximum absolute atomic E-state index is 13.2. The molecule has 0 radical (unpaired) electrons. The van der Waals surface area contributed by atoms with Gasteiger partial charge in [0.2, 0.25) is 11.6 Å². The molecule has 13 heteroatoms. The highest BCUT2D eigenvalue weighted by atomic mass is 35.5. The van der Waals surface area contributed by atoms with Crippen LogP contribution in [0.2, 0.25) is 10.0 Å². The van der Waals surface area contributed by atoms with Crippen molar-refractivity contribution in [2.75, 3.05) is 5.73 Å². The SMILES string of the molecule is Nc1nonc1-n1nnc(-c2ccccc2)c1C(=O)N/N=C/c1cccc(OCc2c(Cl)cccc2Cl)c1. The van der Waals surface area contributed by atoms with E-state index in [9.17, 15) is 4.79 Å². The van der Waals surface area contributed by atoms with Crippen LogP contribution < -0.4 is 15.9 Å². The summed E-state index contributed by atoms with van der Waals surface area (Å²) in [6.45, 7) is 0.190. The molecule has 0 fully saturated rings. The molecule has 2 aromatic heterocycles. The second kappa shape index (κ2) is 11.1. The van der Waals surface area contributed by atoms with Crippen molar-refractivity contribution in [1.29, 1.82) is 0 Å². The second-order valence-electron chi connectivity index (χ2n) is 7.80. The number of nitrogens with one attached hydrogen (secondary N) is 1. The molecule has 2 heterocycles. The van der Waals surface area contributed by atoms with Crippen molar-refractivity contribution in [2.45, 2.75) is 6.61 Å². The lowest BCUT2D eigenvalue weighted by Crippen LogP contribution is -2.22. The fourth-order valence-electron chi connectivity index (χ4n) is 3.49. The summed E-state index contributed by atoms with van der Waals surface area (Å²) in [6.07, 6.45) is 1.47. The number of ether oxygens (including phenoxy) is 1. The number of aromatic nitrogens is 5. The fourth-order valence-corrected chi connectivity index (χ4v) is 4.00. The molecule has 5 aromatic rings. The lowest BCUT2D eigenvalue weighted by molar-refractivity contribution is 0.0948. The van der Waals surface area contributed by atoms with Crippen LogP contribution in [0.25, 0.3) is 17.1 Å². The highest BCUT2D eigenvalue weighted by Gasteiger charge is 2.25. The van der Waals surface area contributed by atoms with Gasteiger partial charge in [-0.25, -0.2) is 10.1 Å². The lowest BCUT2D eigenvalue weighted by atomic mass is 10.1. The van der Waals surface area contributed by atoms with Gasteiger partial charge in [-0.1, -0.05) is 76.9 Å². The number of nitrogen functional groups attached to an aromatic ring is 1. The van der Waals surface area contributed by atoms with E-state index in [-0.39, 0.29) is 23.9 Å². The van der Waals surface area contributed by atoms with Crippen LogP contribution in [-0.4, -0.2) is 37.4 Å². The number of amides is 1. The van der Waals surface area contributed by atoms with Gasteiger partial charge in [0.1, 0.15) is 18.1 Å². The minimum atomic E-state index is -0.603. The Hall–Kier alpha value is -4.74. The van der Waals surface area contributed by atoms with E-state index in [4.69, 9.17) is 33.7 Å². The molecule has 11 nitrogen and oxygen atoms in total. The number of hydrogen-bond acceptors (Lipinski definition) is 9. The number of rotatable bonds is 8. The van der Waals surface area contributed by atoms with Gasteiger partial charge in [-0.3, -0.25) is 4.79 Å². The van der Waals surface area contributed by atoms with Crippen molar-refractivity contribution >= 4 is 41.1 Å². The Morgan fingerprint density at radius 3 is 2.55 bits per heavy atom. The smallest absolute Gasteiger partial charge is 0.292 e. The van der Waals surface area contributed by atoms with Gasteiger partial charge in [-0.2, -0.15) is 9.78 Å². The van der Waals surface area contributed by atoms with E-state index in [1.165, 1.54) is 6.21 Å². The van der Waals surface area contributed by atoms with Gasteiger partial charge >= 0.3 is 0 Å². The van der Waals surface area contributed by atoms with Crippen LogP contribution in [0, 0.1) is 0 Å². The first-order valence-corrected chi connectivity index (χ1v) is 11.9. The maximum Gasteiger partial charge on any atom is 0.292 e. The zero-order valence-corrected chi connectivity index (χ0v) is 21.0. The van der Waals surface area contributed by atoms with Crippen molar-refractivity contribution in [2.24, 2.45) is 5.10 Å². The van der Waals surface area contributed by atoms with Crippen molar-refractivity contribution in [3.05, 3.63) is 99.7 Å². The summed E-state index contributed by atoms with van der Waals surface area (Å²) in [5.41, 5.74) is 10.7. The second-order valence-corrected chi connectivity index (χ2v) is 8.61. The van der Waals surface area contributed by atoms with Crippen LogP contribution in [0.3, 0.4) is 0 Å². The fraction of sp³-hybridized carbons (Fsp3) is 0.0400. The zero-order valence-electron chi connectivity index (χ0n) is 19.5. The third-order valence-corrected chi connectivity index (χ3v) is 6.02. The maximum atomic E-state index is 13.2. The van der Waals surface area contributed by atoms with Crippen molar-refractivity contribution in [1.82, 2.24) is 30.7 Å². The molecule has 0 saturated carbocycles. The van der Waals surface area contributed by atoms with Crippen LogP contribution in [0.15, 0.2) is 82.5 Å². The Morgan fingerprint density at radius 2 is 1.82 bits per heavy atom. The van der Waals surface area contributed by atoms with E-state index in [0.29, 0.717) is 38.2 Å². The molecule has 190 valence electrons. The van der Waals surface area contributed by atoms with E-state index < -0.39 is 5.91 Å². The van der Waals surface area contributed by atoms with Gasteiger partial charge in [0, 0.05) is 21.2 Å². The highest BCUT2D eigenvalue weighted by Crippen LogP contribution is 2.26. The van der Waals surface area contributed by atoms with Gasteiger partial charge in [0.15, 0.2) is 5.69 Å². The predicted molar refractivity (Wildman–Crippen MR) is 141 cm³/mol. The Morgan fingerprint density at radius 1 is 1.05 bits per heavy atom. The van der Waals surface area contributed by atoms with E-state index >= 15 is 0 Å². The normalized spacial score (nSPS) is 11.1. The molecule has 0 spiro atoms. The van der Waals surface area contributed by atoms with Crippen molar-refractivity contribution in [3.8, 4) is 22.8 Å². The summed E-state index contributed by atoms with van der Waals surface area (Å²) in [4.78, 5) is 13.2. The Kier molecular flexibility index (Phi) is 7.29. The van der Waals surface area contributed by atoms with Crippen molar-refractivity contribution in [3.63, 3.8) is 0 Å².